The zero-order valence-corrected chi connectivity index (χ0v) is 17.7. The lowest BCUT2D eigenvalue weighted by Crippen LogP contribution is -2.46. The number of nitrogens with zero attached hydrogens (tertiary/aromatic N) is 1. The molecule has 0 aliphatic rings. The minimum absolute atomic E-state index is 0.0410. The molecule has 2 aromatic rings. The first-order chi connectivity index (χ1) is 15.1. The van der Waals surface area contributed by atoms with Gasteiger partial charge in [-0.25, -0.2) is 9.59 Å². The van der Waals surface area contributed by atoms with E-state index in [1.54, 1.807) is 18.2 Å². The van der Waals surface area contributed by atoms with Crippen molar-refractivity contribution in [1.29, 1.82) is 0 Å². The predicted octanol–water partition coefficient (Wildman–Crippen LogP) is 2.53. The number of hydrogen-bond acceptors (Lipinski definition) is 7. The first-order valence-corrected chi connectivity index (χ1v) is 9.55. The zero-order valence-electron chi connectivity index (χ0n) is 17.7. The fourth-order valence-corrected chi connectivity index (χ4v) is 2.78. The summed E-state index contributed by atoms with van der Waals surface area (Å²) in [5, 5.41) is 11.8. The van der Waals surface area contributed by atoms with Gasteiger partial charge in [-0.3, -0.25) is 19.3 Å². The lowest BCUT2D eigenvalue weighted by atomic mass is 10.1. The SMILES string of the molecule is CCN(C(=O)NC(C(=O)O)c1ccccc1)C(=O)c1ccc(OC(C)=O)c(OC(C)=O)c1. The van der Waals surface area contributed by atoms with Crippen molar-refractivity contribution in [3.63, 3.8) is 0 Å². The van der Waals surface area contributed by atoms with E-state index < -0.39 is 35.9 Å². The summed E-state index contributed by atoms with van der Waals surface area (Å²) in [5.41, 5.74) is 0.292. The molecule has 2 aromatic carbocycles. The van der Waals surface area contributed by atoms with E-state index in [2.05, 4.69) is 5.32 Å². The van der Waals surface area contributed by atoms with E-state index in [9.17, 15) is 29.1 Å². The zero-order chi connectivity index (χ0) is 23.8. The fourth-order valence-electron chi connectivity index (χ4n) is 2.78. The van der Waals surface area contributed by atoms with Crippen LogP contribution in [0.5, 0.6) is 11.5 Å². The Balaban J connectivity index is 2.30. The maximum atomic E-state index is 12.9. The number of esters is 2. The number of amides is 3. The molecule has 10 nitrogen and oxygen atoms in total. The van der Waals surface area contributed by atoms with Gasteiger partial charge in [-0.1, -0.05) is 30.3 Å². The van der Waals surface area contributed by atoms with Crippen molar-refractivity contribution in [3.8, 4) is 11.5 Å². The minimum Gasteiger partial charge on any atom is -0.479 e. The smallest absolute Gasteiger partial charge is 0.330 e. The van der Waals surface area contributed by atoms with Crippen molar-refractivity contribution in [2.45, 2.75) is 26.8 Å². The van der Waals surface area contributed by atoms with Gasteiger partial charge >= 0.3 is 23.9 Å². The molecular formula is C22H22N2O8. The number of ether oxygens (including phenoxy) is 2. The summed E-state index contributed by atoms with van der Waals surface area (Å²) in [4.78, 5) is 60.8. The van der Waals surface area contributed by atoms with Crippen molar-refractivity contribution in [2.24, 2.45) is 0 Å². The third-order valence-corrected chi connectivity index (χ3v) is 4.15. The van der Waals surface area contributed by atoms with Gasteiger partial charge < -0.3 is 19.9 Å². The van der Waals surface area contributed by atoms with Crippen LogP contribution in [-0.2, 0) is 14.4 Å². The molecule has 0 fully saturated rings. The lowest BCUT2D eigenvalue weighted by molar-refractivity contribution is -0.139. The number of benzene rings is 2. The molecule has 32 heavy (non-hydrogen) atoms. The molecule has 0 heterocycles. The second kappa shape index (κ2) is 10.7. The quantitative estimate of drug-likeness (QED) is 0.493. The number of carbonyl (C=O) groups excluding carboxylic acids is 4. The molecule has 0 spiro atoms. The van der Waals surface area contributed by atoms with Crippen molar-refractivity contribution < 1.29 is 38.6 Å². The van der Waals surface area contributed by atoms with Crippen LogP contribution < -0.4 is 14.8 Å². The normalized spacial score (nSPS) is 11.1. The van der Waals surface area contributed by atoms with Crippen LogP contribution in [0.2, 0.25) is 0 Å². The number of carbonyl (C=O) groups is 5. The summed E-state index contributed by atoms with van der Waals surface area (Å²) in [6, 6.07) is 9.43. The van der Waals surface area contributed by atoms with Gasteiger partial charge in [-0.05, 0) is 30.7 Å². The summed E-state index contributed by atoms with van der Waals surface area (Å²) >= 11 is 0. The van der Waals surface area contributed by atoms with Crippen molar-refractivity contribution in [1.82, 2.24) is 10.2 Å². The number of nitrogens with one attached hydrogen (secondary N) is 1. The van der Waals surface area contributed by atoms with Gasteiger partial charge in [-0.15, -0.1) is 0 Å². The van der Waals surface area contributed by atoms with Crippen LogP contribution in [0, 0.1) is 0 Å². The highest BCUT2D eigenvalue weighted by Gasteiger charge is 2.28. The number of aliphatic carboxylic acids is 1. The molecule has 1 atom stereocenters. The maximum absolute atomic E-state index is 12.9. The van der Waals surface area contributed by atoms with E-state index in [0.717, 1.165) is 24.8 Å². The molecule has 0 saturated carbocycles. The summed E-state index contributed by atoms with van der Waals surface area (Å²) in [5.74, 6) is -3.69. The fraction of sp³-hybridized carbons (Fsp3) is 0.227. The molecule has 0 saturated heterocycles. The largest absolute Gasteiger partial charge is 0.479 e. The number of carboxylic acid groups (broad SMARTS) is 1. The van der Waals surface area contributed by atoms with Crippen LogP contribution in [0.15, 0.2) is 48.5 Å². The number of carboxylic acids is 1. The molecule has 0 aromatic heterocycles. The molecule has 1 unspecified atom stereocenters. The van der Waals surface area contributed by atoms with E-state index in [-0.39, 0.29) is 23.6 Å². The van der Waals surface area contributed by atoms with Gasteiger partial charge in [-0.2, -0.15) is 0 Å². The first kappa shape index (κ1) is 24.1. The lowest BCUT2D eigenvalue weighted by Gasteiger charge is -2.23. The molecule has 0 bridgehead atoms. The average molecular weight is 442 g/mol. The standard InChI is InChI=1S/C22H22N2O8/c1-4-24(22(30)23-19(21(28)29)15-8-6-5-7-9-15)20(27)16-10-11-17(31-13(2)25)18(12-16)32-14(3)26/h5-12,19H,4H2,1-3H3,(H,23,30)(H,28,29). The molecule has 168 valence electrons. The number of urea groups is 1. The highest BCUT2D eigenvalue weighted by molar-refractivity contribution is 6.05. The monoisotopic (exact) mass is 442 g/mol. The van der Waals surface area contributed by atoms with Crippen LogP contribution in [0.3, 0.4) is 0 Å². The van der Waals surface area contributed by atoms with Gasteiger partial charge in [0, 0.05) is 26.0 Å². The third kappa shape index (κ3) is 6.14. The van der Waals surface area contributed by atoms with Gasteiger partial charge in [0.15, 0.2) is 17.5 Å². The highest BCUT2D eigenvalue weighted by Crippen LogP contribution is 2.29. The summed E-state index contributed by atoms with van der Waals surface area (Å²) in [7, 11) is 0. The maximum Gasteiger partial charge on any atom is 0.330 e. The second-order valence-corrected chi connectivity index (χ2v) is 6.53. The molecule has 0 aliphatic heterocycles. The van der Waals surface area contributed by atoms with Crippen molar-refractivity contribution in [2.75, 3.05) is 6.54 Å². The van der Waals surface area contributed by atoms with Gasteiger partial charge in [0.25, 0.3) is 5.91 Å². The molecule has 10 heteroatoms. The molecule has 3 amide bonds. The molecule has 0 radical (unpaired) electrons. The van der Waals surface area contributed by atoms with Crippen molar-refractivity contribution in [3.05, 3.63) is 59.7 Å². The second-order valence-electron chi connectivity index (χ2n) is 6.53. The van der Waals surface area contributed by atoms with Crippen molar-refractivity contribution >= 4 is 29.8 Å². The molecule has 2 N–H and O–H groups in total. The Morgan fingerprint density at radius 3 is 2.06 bits per heavy atom. The molecular weight excluding hydrogens is 420 g/mol. The Kier molecular flexibility index (Phi) is 8.05. The van der Waals surface area contributed by atoms with Crippen LogP contribution >= 0.6 is 0 Å². The topological polar surface area (TPSA) is 139 Å². The van der Waals surface area contributed by atoms with Crippen LogP contribution in [0.4, 0.5) is 4.79 Å². The van der Waals surface area contributed by atoms with E-state index in [0.29, 0.717) is 5.56 Å². The summed E-state index contributed by atoms with van der Waals surface area (Å²) < 4.78 is 9.96. The van der Waals surface area contributed by atoms with Crippen LogP contribution in [0.25, 0.3) is 0 Å². The Morgan fingerprint density at radius 2 is 1.53 bits per heavy atom. The average Bonchev–Trinajstić information content (AvgIpc) is 2.73. The Morgan fingerprint density at radius 1 is 0.938 bits per heavy atom. The Labute approximate surface area is 183 Å². The van der Waals surface area contributed by atoms with Crippen LogP contribution in [0.1, 0.15) is 42.7 Å². The van der Waals surface area contributed by atoms with Gasteiger partial charge in [0.1, 0.15) is 0 Å². The summed E-state index contributed by atoms with van der Waals surface area (Å²) in [6.45, 7) is 3.76. The van der Waals surface area contributed by atoms with Gasteiger partial charge in [0.2, 0.25) is 0 Å². The summed E-state index contributed by atoms with van der Waals surface area (Å²) in [6.07, 6.45) is 0. The van der Waals surface area contributed by atoms with E-state index in [1.807, 2.05) is 0 Å². The van der Waals surface area contributed by atoms with E-state index >= 15 is 0 Å². The van der Waals surface area contributed by atoms with Crippen LogP contribution in [-0.4, -0.2) is 46.4 Å². The van der Waals surface area contributed by atoms with E-state index in [1.165, 1.54) is 31.2 Å². The Hall–Kier alpha value is -4.21. The molecule has 2 rings (SSSR count). The number of hydrogen-bond donors (Lipinski definition) is 2. The Bertz CT molecular complexity index is 1040. The van der Waals surface area contributed by atoms with E-state index in [4.69, 9.17) is 9.47 Å². The number of rotatable bonds is 7. The van der Waals surface area contributed by atoms with Gasteiger partial charge in [0.05, 0.1) is 0 Å². The minimum atomic E-state index is -1.37. The highest BCUT2D eigenvalue weighted by atomic mass is 16.6. The molecule has 0 aliphatic carbocycles. The predicted molar refractivity (Wildman–Crippen MR) is 111 cm³/mol. The number of imide groups is 1. The first-order valence-electron chi connectivity index (χ1n) is 9.55. The third-order valence-electron chi connectivity index (χ3n) is 4.15.